The molecule has 2 aromatic rings. The quantitative estimate of drug-likeness (QED) is 0.906. The molecule has 1 aromatic heterocycles. The second kappa shape index (κ2) is 5.70. The molecule has 2 N–H and O–H groups in total. The Morgan fingerprint density at radius 1 is 1.10 bits per heavy atom. The average Bonchev–Trinajstić information content (AvgIpc) is 2.39. The minimum atomic E-state index is -3.30. The maximum Gasteiger partial charge on any atom is 0.324 e. The third-order valence-electron chi connectivity index (χ3n) is 2.43. The van der Waals surface area contributed by atoms with E-state index in [-0.39, 0.29) is 4.90 Å². The number of sulfone groups is 1. The first-order valence-corrected chi connectivity index (χ1v) is 7.63. The number of carbonyl (C=O) groups is 1. The van der Waals surface area contributed by atoms with Crippen molar-refractivity contribution in [2.24, 2.45) is 0 Å². The van der Waals surface area contributed by atoms with Crippen LogP contribution in [0.1, 0.15) is 0 Å². The number of amides is 2. The zero-order valence-corrected chi connectivity index (χ0v) is 11.5. The third-order valence-corrected chi connectivity index (χ3v) is 3.54. The molecule has 0 bridgehead atoms. The predicted molar refractivity (Wildman–Crippen MR) is 76.4 cm³/mol. The summed E-state index contributed by atoms with van der Waals surface area (Å²) >= 11 is 0. The van der Waals surface area contributed by atoms with E-state index in [2.05, 4.69) is 15.6 Å². The Hall–Kier alpha value is -2.41. The van der Waals surface area contributed by atoms with Crippen molar-refractivity contribution in [3.05, 3.63) is 48.7 Å². The molecule has 1 aromatic carbocycles. The summed E-state index contributed by atoms with van der Waals surface area (Å²) in [6.07, 6.45) is 2.67. The highest BCUT2D eigenvalue weighted by molar-refractivity contribution is 7.90. The zero-order chi connectivity index (χ0) is 14.6. The molecule has 0 atom stereocenters. The minimum Gasteiger partial charge on any atom is -0.308 e. The third kappa shape index (κ3) is 3.79. The number of nitrogens with zero attached hydrogens (tertiary/aromatic N) is 1. The van der Waals surface area contributed by atoms with Crippen LogP contribution in [0, 0.1) is 0 Å². The molecule has 1 heterocycles. The molecule has 2 rings (SSSR count). The van der Waals surface area contributed by atoms with Crippen molar-refractivity contribution in [3.8, 4) is 0 Å². The first-order chi connectivity index (χ1) is 9.45. The van der Waals surface area contributed by atoms with Crippen molar-refractivity contribution in [1.29, 1.82) is 0 Å². The molecule has 20 heavy (non-hydrogen) atoms. The molecular formula is C13H13N3O3S. The van der Waals surface area contributed by atoms with Crippen LogP contribution >= 0.6 is 0 Å². The first-order valence-electron chi connectivity index (χ1n) is 5.74. The normalized spacial score (nSPS) is 10.8. The molecule has 7 heteroatoms. The molecular weight excluding hydrogens is 278 g/mol. The molecule has 0 radical (unpaired) electrons. The highest BCUT2D eigenvalue weighted by Crippen LogP contribution is 2.15. The molecule has 104 valence electrons. The lowest BCUT2D eigenvalue weighted by Gasteiger charge is -2.07. The molecule has 2 amide bonds. The molecule has 0 saturated heterocycles. The van der Waals surface area contributed by atoms with Gasteiger partial charge in [0.25, 0.3) is 0 Å². The van der Waals surface area contributed by atoms with Gasteiger partial charge in [0.1, 0.15) is 5.82 Å². The lowest BCUT2D eigenvalue weighted by atomic mass is 10.3. The van der Waals surface area contributed by atoms with Crippen LogP contribution in [0.15, 0.2) is 53.6 Å². The summed E-state index contributed by atoms with van der Waals surface area (Å²) < 4.78 is 22.8. The maximum atomic E-state index is 11.7. The van der Waals surface area contributed by atoms with E-state index in [0.29, 0.717) is 11.5 Å². The fraction of sp³-hybridized carbons (Fsp3) is 0.0769. The predicted octanol–water partition coefficient (Wildman–Crippen LogP) is 2.13. The molecule has 0 saturated carbocycles. The number of nitrogens with one attached hydrogen (secondary N) is 2. The number of benzene rings is 1. The Bertz CT molecular complexity index is 715. The van der Waals surface area contributed by atoms with Gasteiger partial charge in [-0.3, -0.25) is 5.32 Å². The van der Waals surface area contributed by atoms with Crippen molar-refractivity contribution in [2.75, 3.05) is 16.9 Å². The van der Waals surface area contributed by atoms with Crippen molar-refractivity contribution in [1.82, 2.24) is 4.98 Å². The van der Waals surface area contributed by atoms with Gasteiger partial charge in [-0.05, 0) is 30.3 Å². The maximum absolute atomic E-state index is 11.7. The van der Waals surface area contributed by atoms with Gasteiger partial charge >= 0.3 is 6.03 Å². The van der Waals surface area contributed by atoms with E-state index in [1.165, 1.54) is 12.1 Å². The Balaban J connectivity index is 2.09. The highest BCUT2D eigenvalue weighted by atomic mass is 32.2. The van der Waals surface area contributed by atoms with Gasteiger partial charge in [-0.2, -0.15) is 0 Å². The fourth-order valence-corrected chi connectivity index (χ4v) is 2.19. The Labute approximate surface area is 116 Å². The highest BCUT2D eigenvalue weighted by Gasteiger charge is 2.09. The number of pyridine rings is 1. The Morgan fingerprint density at radius 2 is 1.90 bits per heavy atom. The van der Waals surface area contributed by atoms with Crippen LogP contribution in [-0.2, 0) is 9.84 Å². The molecule has 0 aliphatic rings. The van der Waals surface area contributed by atoms with Crippen molar-refractivity contribution >= 4 is 27.4 Å². The molecule has 6 nitrogen and oxygen atoms in total. The summed E-state index contributed by atoms with van der Waals surface area (Å²) in [5, 5.41) is 5.09. The van der Waals surface area contributed by atoms with E-state index in [1.807, 2.05) is 0 Å². The van der Waals surface area contributed by atoms with Gasteiger partial charge in [0.2, 0.25) is 0 Å². The largest absolute Gasteiger partial charge is 0.324 e. The minimum absolute atomic E-state index is 0.146. The monoisotopic (exact) mass is 291 g/mol. The SMILES string of the molecule is CS(=O)(=O)c1cccc(NC(=O)Nc2ccccn2)c1. The van der Waals surface area contributed by atoms with Gasteiger partial charge < -0.3 is 5.32 Å². The number of rotatable bonds is 3. The van der Waals surface area contributed by atoms with Crippen LogP contribution < -0.4 is 10.6 Å². The summed E-state index contributed by atoms with van der Waals surface area (Å²) in [5.74, 6) is 0.407. The van der Waals surface area contributed by atoms with Gasteiger partial charge in [-0.1, -0.05) is 12.1 Å². The summed E-state index contributed by atoms with van der Waals surface area (Å²) in [5.41, 5.74) is 0.390. The van der Waals surface area contributed by atoms with Gasteiger partial charge in [-0.15, -0.1) is 0 Å². The smallest absolute Gasteiger partial charge is 0.308 e. The molecule has 0 spiro atoms. The van der Waals surface area contributed by atoms with Crippen molar-refractivity contribution in [3.63, 3.8) is 0 Å². The molecule has 0 unspecified atom stereocenters. The van der Waals surface area contributed by atoms with Crippen molar-refractivity contribution < 1.29 is 13.2 Å². The second-order valence-electron chi connectivity index (χ2n) is 4.09. The number of aromatic nitrogens is 1. The van der Waals surface area contributed by atoms with Crippen LogP contribution in [0.2, 0.25) is 0 Å². The van der Waals surface area contributed by atoms with E-state index >= 15 is 0 Å². The molecule has 0 aliphatic carbocycles. The first kappa shape index (κ1) is 14.0. The van der Waals surface area contributed by atoms with E-state index in [0.717, 1.165) is 6.26 Å². The Morgan fingerprint density at radius 3 is 2.55 bits per heavy atom. The summed E-state index contributed by atoms with van der Waals surface area (Å²) in [6, 6.07) is 10.7. The number of anilines is 2. The molecule has 0 aliphatic heterocycles. The summed E-state index contributed by atoms with van der Waals surface area (Å²) in [7, 11) is -3.30. The van der Waals surface area contributed by atoms with Crippen LogP contribution in [0.25, 0.3) is 0 Å². The van der Waals surface area contributed by atoms with Crippen LogP contribution in [-0.4, -0.2) is 25.7 Å². The van der Waals surface area contributed by atoms with Crippen LogP contribution in [0.5, 0.6) is 0 Å². The van der Waals surface area contributed by atoms with Gasteiger partial charge in [-0.25, -0.2) is 18.2 Å². The summed E-state index contributed by atoms with van der Waals surface area (Å²) in [6.45, 7) is 0. The Kier molecular flexibility index (Phi) is 3.99. The summed E-state index contributed by atoms with van der Waals surface area (Å²) in [4.78, 5) is 15.8. The van der Waals surface area contributed by atoms with Crippen LogP contribution in [0.3, 0.4) is 0 Å². The van der Waals surface area contributed by atoms with Crippen molar-refractivity contribution in [2.45, 2.75) is 4.90 Å². The molecule has 0 fully saturated rings. The zero-order valence-electron chi connectivity index (χ0n) is 10.7. The lowest BCUT2D eigenvalue weighted by molar-refractivity contribution is 0.262. The lowest BCUT2D eigenvalue weighted by Crippen LogP contribution is -2.20. The fourth-order valence-electron chi connectivity index (χ4n) is 1.52. The van der Waals surface area contributed by atoms with Gasteiger partial charge in [0.15, 0.2) is 9.84 Å². The van der Waals surface area contributed by atoms with E-state index < -0.39 is 15.9 Å². The number of hydrogen-bond acceptors (Lipinski definition) is 4. The number of carbonyl (C=O) groups excluding carboxylic acids is 1. The van der Waals surface area contributed by atoms with E-state index in [4.69, 9.17) is 0 Å². The average molecular weight is 291 g/mol. The van der Waals surface area contributed by atoms with E-state index in [9.17, 15) is 13.2 Å². The second-order valence-corrected chi connectivity index (χ2v) is 6.11. The van der Waals surface area contributed by atoms with Gasteiger partial charge in [0.05, 0.1) is 4.90 Å². The number of hydrogen-bond donors (Lipinski definition) is 2. The number of urea groups is 1. The van der Waals surface area contributed by atoms with Gasteiger partial charge in [0, 0.05) is 18.1 Å². The topological polar surface area (TPSA) is 88.2 Å². The van der Waals surface area contributed by atoms with E-state index in [1.54, 1.807) is 36.5 Å². The van der Waals surface area contributed by atoms with Crippen LogP contribution in [0.4, 0.5) is 16.3 Å². The standard InChI is InChI=1S/C13H13N3O3S/c1-20(18,19)11-6-4-5-10(9-11)15-13(17)16-12-7-2-3-8-14-12/h2-9H,1H3,(H2,14,15,16,17).